The number of halogens is 1. The molecule has 0 spiro atoms. The molecule has 1 aromatic heterocycles. The fourth-order valence-electron chi connectivity index (χ4n) is 3.57. The summed E-state index contributed by atoms with van der Waals surface area (Å²) in [6.07, 6.45) is 6.56. The molecule has 2 aromatic rings. The molecule has 1 aromatic carbocycles. The van der Waals surface area contributed by atoms with Crippen LogP contribution in [0, 0.1) is 5.92 Å². The fourth-order valence-corrected chi connectivity index (χ4v) is 3.74. The van der Waals surface area contributed by atoms with Gasteiger partial charge >= 0.3 is 0 Å². The average Bonchev–Trinajstić information content (AvgIpc) is 3.06. The van der Waals surface area contributed by atoms with Crippen LogP contribution in [0.5, 0.6) is 0 Å². The van der Waals surface area contributed by atoms with Gasteiger partial charge in [0.05, 0.1) is 0 Å². The SMILES string of the molecule is CN=C(NCCc1c[nH]c2ccc(Cl)cc12)N(C)CCC1CCOCC1. The first-order chi connectivity index (χ1) is 12.7. The summed E-state index contributed by atoms with van der Waals surface area (Å²) in [5.74, 6) is 1.73. The van der Waals surface area contributed by atoms with Crippen LogP contribution < -0.4 is 5.32 Å². The van der Waals surface area contributed by atoms with Crippen LogP contribution in [-0.2, 0) is 11.2 Å². The van der Waals surface area contributed by atoms with Crippen LogP contribution in [0.25, 0.3) is 10.9 Å². The molecule has 26 heavy (non-hydrogen) atoms. The van der Waals surface area contributed by atoms with E-state index in [9.17, 15) is 0 Å². The van der Waals surface area contributed by atoms with Crippen molar-refractivity contribution in [2.45, 2.75) is 25.7 Å². The van der Waals surface area contributed by atoms with E-state index in [1.165, 1.54) is 30.2 Å². The van der Waals surface area contributed by atoms with Crippen LogP contribution in [-0.4, -0.2) is 56.2 Å². The summed E-state index contributed by atoms with van der Waals surface area (Å²) < 4.78 is 5.44. The maximum Gasteiger partial charge on any atom is 0.193 e. The van der Waals surface area contributed by atoms with Gasteiger partial charge in [0, 0.05) is 62.5 Å². The molecule has 5 nitrogen and oxygen atoms in total. The molecule has 1 fully saturated rings. The Morgan fingerprint density at radius 1 is 1.38 bits per heavy atom. The Labute approximate surface area is 160 Å². The number of ether oxygens (including phenoxy) is 1. The van der Waals surface area contributed by atoms with Crippen molar-refractivity contribution < 1.29 is 4.74 Å². The van der Waals surface area contributed by atoms with Crippen molar-refractivity contribution in [1.29, 1.82) is 0 Å². The Morgan fingerprint density at radius 3 is 2.96 bits per heavy atom. The maximum atomic E-state index is 6.13. The Balaban J connectivity index is 1.47. The smallest absolute Gasteiger partial charge is 0.193 e. The zero-order valence-corrected chi connectivity index (χ0v) is 16.5. The first-order valence-electron chi connectivity index (χ1n) is 9.42. The topological polar surface area (TPSA) is 52.7 Å². The number of hydrogen-bond acceptors (Lipinski definition) is 2. The summed E-state index contributed by atoms with van der Waals surface area (Å²) in [4.78, 5) is 9.96. The van der Waals surface area contributed by atoms with E-state index in [2.05, 4.69) is 33.4 Å². The fraction of sp³-hybridized carbons (Fsp3) is 0.550. The first-order valence-corrected chi connectivity index (χ1v) is 9.80. The first kappa shape index (κ1) is 19.1. The van der Waals surface area contributed by atoms with Crippen molar-refractivity contribution >= 4 is 28.5 Å². The molecule has 0 unspecified atom stereocenters. The van der Waals surface area contributed by atoms with E-state index >= 15 is 0 Å². The number of aromatic nitrogens is 1. The molecule has 3 rings (SSSR count). The van der Waals surface area contributed by atoms with Crippen LogP contribution >= 0.6 is 11.6 Å². The van der Waals surface area contributed by atoms with Gasteiger partial charge in [-0.2, -0.15) is 0 Å². The molecule has 142 valence electrons. The van der Waals surface area contributed by atoms with Crippen molar-refractivity contribution in [3.63, 3.8) is 0 Å². The number of aromatic amines is 1. The van der Waals surface area contributed by atoms with E-state index in [4.69, 9.17) is 16.3 Å². The molecule has 2 N–H and O–H groups in total. The third-order valence-electron chi connectivity index (χ3n) is 5.19. The van der Waals surface area contributed by atoms with Crippen molar-refractivity contribution in [1.82, 2.24) is 15.2 Å². The number of aliphatic imine (C=N–C) groups is 1. The Kier molecular flexibility index (Phi) is 6.80. The van der Waals surface area contributed by atoms with Gasteiger partial charge in [0.15, 0.2) is 5.96 Å². The van der Waals surface area contributed by atoms with Crippen LogP contribution in [0.15, 0.2) is 29.4 Å². The van der Waals surface area contributed by atoms with Crippen LogP contribution in [0.2, 0.25) is 5.02 Å². The largest absolute Gasteiger partial charge is 0.381 e. The molecule has 0 bridgehead atoms. The summed E-state index contributed by atoms with van der Waals surface area (Å²) in [7, 11) is 3.96. The predicted molar refractivity (Wildman–Crippen MR) is 109 cm³/mol. The van der Waals surface area contributed by atoms with E-state index < -0.39 is 0 Å². The second-order valence-corrected chi connectivity index (χ2v) is 7.43. The Morgan fingerprint density at radius 2 is 2.19 bits per heavy atom. The van der Waals surface area contributed by atoms with Gasteiger partial charge in [-0.3, -0.25) is 4.99 Å². The van der Waals surface area contributed by atoms with Gasteiger partial charge in [-0.15, -0.1) is 0 Å². The molecule has 1 saturated heterocycles. The molecule has 1 aliphatic rings. The lowest BCUT2D eigenvalue weighted by Gasteiger charge is -2.26. The zero-order valence-electron chi connectivity index (χ0n) is 15.7. The maximum absolute atomic E-state index is 6.13. The standard InChI is InChI=1S/C20H29ClN4O/c1-22-20(25(2)10-6-15-7-11-26-12-8-15)23-9-5-16-14-24-19-4-3-17(21)13-18(16)19/h3-4,13-15,24H,5-12H2,1-2H3,(H,22,23). The molecule has 0 aliphatic carbocycles. The molecule has 0 amide bonds. The third kappa shape index (κ3) is 4.92. The van der Waals surface area contributed by atoms with E-state index in [1.807, 2.05) is 25.2 Å². The molecule has 0 radical (unpaired) electrons. The molecule has 1 aliphatic heterocycles. The number of rotatable bonds is 6. The number of guanidine groups is 1. The predicted octanol–water partition coefficient (Wildman–Crippen LogP) is 3.69. The van der Waals surface area contributed by atoms with E-state index in [0.29, 0.717) is 0 Å². The normalized spacial score (nSPS) is 16.2. The van der Waals surface area contributed by atoms with Gasteiger partial charge < -0.3 is 19.9 Å². The lowest BCUT2D eigenvalue weighted by atomic mass is 9.96. The lowest BCUT2D eigenvalue weighted by molar-refractivity contribution is 0.0625. The van der Waals surface area contributed by atoms with Gasteiger partial charge in [0.25, 0.3) is 0 Å². The van der Waals surface area contributed by atoms with Crippen LogP contribution in [0.1, 0.15) is 24.8 Å². The highest BCUT2D eigenvalue weighted by Gasteiger charge is 2.15. The minimum absolute atomic E-state index is 0.773. The zero-order chi connectivity index (χ0) is 18.4. The number of hydrogen-bond donors (Lipinski definition) is 2. The molecule has 0 saturated carbocycles. The highest BCUT2D eigenvalue weighted by atomic mass is 35.5. The van der Waals surface area contributed by atoms with E-state index in [-0.39, 0.29) is 0 Å². The number of fused-ring (bicyclic) bond motifs is 1. The Hall–Kier alpha value is -1.72. The summed E-state index contributed by atoms with van der Waals surface area (Å²) in [5, 5.41) is 5.45. The summed E-state index contributed by atoms with van der Waals surface area (Å²) in [6, 6.07) is 5.97. The summed E-state index contributed by atoms with van der Waals surface area (Å²) in [6.45, 7) is 3.69. The molecule has 2 heterocycles. The monoisotopic (exact) mass is 376 g/mol. The second-order valence-electron chi connectivity index (χ2n) is 6.99. The quantitative estimate of drug-likeness (QED) is 0.597. The molecule has 0 atom stereocenters. The van der Waals surface area contributed by atoms with Gasteiger partial charge in [0.1, 0.15) is 0 Å². The number of H-pyrrole nitrogens is 1. The van der Waals surface area contributed by atoms with Crippen molar-refractivity contribution in [3.8, 4) is 0 Å². The Bertz CT molecular complexity index is 736. The average molecular weight is 377 g/mol. The molecular weight excluding hydrogens is 348 g/mol. The van der Waals surface area contributed by atoms with E-state index in [0.717, 1.165) is 55.1 Å². The van der Waals surface area contributed by atoms with Crippen LogP contribution in [0.4, 0.5) is 0 Å². The van der Waals surface area contributed by atoms with Gasteiger partial charge in [0.2, 0.25) is 0 Å². The second kappa shape index (κ2) is 9.28. The van der Waals surface area contributed by atoms with Crippen molar-refractivity contribution in [3.05, 3.63) is 35.0 Å². The minimum atomic E-state index is 0.773. The lowest BCUT2D eigenvalue weighted by Crippen LogP contribution is -2.40. The molecule has 6 heteroatoms. The highest BCUT2D eigenvalue weighted by Crippen LogP contribution is 2.22. The minimum Gasteiger partial charge on any atom is -0.381 e. The van der Waals surface area contributed by atoms with Gasteiger partial charge in [-0.1, -0.05) is 11.6 Å². The van der Waals surface area contributed by atoms with Gasteiger partial charge in [-0.25, -0.2) is 0 Å². The van der Waals surface area contributed by atoms with Crippen LogP contribution in [0.3, 0.4) is 0 Å². The number of nitrogens with one attached hydrogen (secondary N) is 2. The molecular formula is C20H29ClN4O. The van der Waals surface area contributed by atoms with Crippen molar-refractivity contribution in [2.75, 3.05) is 40.4 Å². The van der Waals surface area contributed by atoms with E-state index in [1.54, 1.807) is 0 Å². The number of nitrogens with zero attached hydrogens (tertiary/aromatic N) is 2. The van der Waals surface area contributed by atoms with Gasteiger partial charge in [-0.05, 0) is 55.4 Å². The highest BCUT2D eigenvalue weighted by molar-refractivity contribution is 6.31. The number of benzene rings is 1. The summed E-state index contributed by atoms with van der Waals surface area (Å²) >= 11 is 6.13. The summed E-state index contributed by atoms with van der Waals surface area (Å²) in [5.41, 5.74) is 2.40. The van der Waals surface area contributed by atoms with Crippen molar-refractivity contribution in [2.24, 2.45) is 10.9 Å². The third-order valence-corrected chi connectivity index (χ3v) is 5.43.